The Morgan fingerprint density at radius 2 is 1.80 bits per heavy atom. The second kappa shape index (κ2) is 10.3. The zero-order valence-electron chi connectivity index (χ0n) is 18.8. The third-order valence-corrected chi connectivity index (χ3v) is 4.97. The molecule has 0 saturated heterocycles. The quantitative estimate of drug-likeness (QED) is 0.734. The minimum absolute atomic E-state index is 0.186. The van der Waals surface area contributed by atoms with E-state index in [1.165, 1.54) is 33.5 Å². The van der Waals surface area contributed by atoms with Gasteiger partial charge in [0.25, 0.3) is 0 Å². The molecule has 0 radical (unpaired) electrons. The van der Waals surface area contributed by atoms with Crippen molar-refractivity contribution < 1.29 is 23.8 Å². The molecule has 1 aromatic heterocycles. The summed E-state index contributed by atoms with van der Waals surface area (Å²) in [4.78, 5) is 25.0. The minimum atomic E-state index is -0.421. The third kappa shape index (κ3) is 6.37. The van der Waals surface area contributed by atoms with Crippen molar-refractivity contribution in [3.05, 3.63) is 23.9 Å². The first kappa shape index (κ1) is 23.5. The van der Waals surface area contributed by atoms with Gasteiger partial charge >= 0.3 is 12.1 Å². The molecule has 0 aliphatic heterocycles. The molecule has 1 amide bonds. The fourth-order valence-corrected chi connectivity index (χ4v) is 3.36. The highest BCUT2D eigenvalue weighted by Gasteiger charge is 2.26. The van der Waals surface area contributed by atoms with Crippen LogP contribution in [-0.2, 0) is 9.47 Å². The third-order valence-electron chi connectivity index (χ3n) is 4.97. The highest BCUT2D eigenvalue weighted by atomic mass is 16.6. The smallest absolute Gasteiger partial charge is 0.410 e. The lowest BCUT2D eigenvalue weighted by atomic mass is 9.95. The van der Waals surface area contributed by atoms with Gasteiger partial charge in [-0.05, 0) is 39.7 Å². The molecule has 30 heavy (non-hydrogen) atoms. The number of ether oxygens (including phenoxy) is 3. The van der Waals surface area contributed by atoms with Gasteiger partial charge in [-0.15, -0.1) is 0 Å². The molecule has 1 aromatic carbocycles. The molecule has 3 rings (SSSR count). The van der Waals surface area contributed by atoms with E-state index in [9.17, 15) is 9.59 Å². The minimum Gasteiger partial charge on any atom is -0.496 e. The van der Waals surface area contributed by atoms with E-state index in [0.29, 0.717) is 17.4 Å². The van der Waals surface area contributed by atoms with Gasteiger partial charge in [-0.2, -0.15) is 5.10 Å². The van der Waals surface area contributed by atoms with Crippen molar-refractivity contribution >= 4 is 23.0 Å². The van der Waals surface area contributed by atoms with E-state index in [-0.39, 0.29) is 11.7 Å². The number of hydrogen-bond donors (Lipinski definition) is 1. The number of amides is 1. The largest absolute Gasteiger partial charge is 0.496 e. The Morgan fingerprint density at radius 3 is 2.37 bits per heavy atom. The van der Waals surface area contributed by atoms with Gasteiger partial charge in [0.05, 0.1) is 25.9 Å². The molecular weight excluding hydrogens is 386 g/mol. The number of fused-ring (bicyclic) bond motifs is 1. The van der Waals surface area contributed by atoms with Crippen molar-refractivity contribution in [2.75, 3.05) is 21.3 Å². The molecule has 0 atom stereocenters. The lowest BCUT2D eigenvalue weighted by Crippen LogP contribution is -2.41. The molecule has 8 heteroatoms. The summed E-state index contributed by atoms with van der Waals surface area (Å²) in [5.41, 5.74) is 0.827. The SMILES string of the molecule is CN(C(=O)OC(C)(C)C)C1CCCCC1.COC(=O)c1cc2cn[nH]c2cc1OC. The van der Waals surface area contributed by atoms with E-state index in [2.05, 4.69) is 14.9 Å². The van der Waals surface area contributed by atoms with Crippen molar-refractivity contribution in [3.8, 4) is 5.75 Å². The first-order valence-electron chi connectivity index (χ1n) is 10.2. The van der Waals surface area contributed by atoms with E-state index in [1.54, 1.807) is 23.2 Å². The zero-order valence-corrected chi connectivity index (χ0v) is 18.8. The molecule has 1 aliphatic rings. The monoisotopic (exact) mass is 419 g/mol. The summed E-state index contributed by atoms with van der Waals surface area (Å²) < 4.78 is 15.1. The van der Waals surface area contributed by atoms with E-state index < -0.39 is 5.97 Å². The molecule has 1 saturated carbocycles. The maximum atomic E-state index is 11.8. The number of benzene rings is 1. The summed E-state index contributed by atoms with van der Waals surface area (Å²) in [5.74, 6) is 0.0496. The molecule has 0 spiro atoms. The standard InChI is InChI=1S/C12H23NO2.C10H10N2O3/c1-12(2,3)15-11(14)13(4)10-8-6-5-7-9-10;1-14-9-4-8-6(5-11-12-8)3-7(9)10(13)15-2/h10H,5-9H2,1-4H3;3-5H,1-2H3,(H,11,12). The van der Waals surface area contributed by atoms with Crippen LogP contribution in [0.5, 0.6) is 5.75 Å². The number of esters is 1. The Labute approximate surface area is 177 Å². The second-order valence-electron chi connectivity index (χ2n) is 8.38. The van der Waals surface area contributed by atoms with Crippen molar-refractivity contribution in [1.82, 2.24) is 15.1 Å². The summed E-state index contributed by atoms with van der Waals surface area (Å²) >= 11 is 0. The summed E-state index contributed by atoms with van der Waals surface area (Å²) in [7, 11) is 4.69. The number of nitrogens with one attached hydrogen (secondary N) is 1. The van der Waals surface area contributed by atoms with E-state index in [0.717, 1.165) is 23.7 Å². The maximum absolute atomic E-state index is 11.8. The van der Waals surface area contributed by atoms with Crippen molar-refractivity contribution in [2.45, 2.75) is 64.5 Å². The zero-order chi connectivity index (χ0) is 22.3. The molecule has 1 N–H and O–H groups in total. The number of carbonyl (C=O) groups is 2. The summed E-state index contributed by atoms with van der Waals surface area (Å²) in [6.45, 7) is 5.71. The molecule has 8 nitrogen and oxygen atoms in total. The Bertz CT molecular complexity index is 850. The van der Waals surface area contributed by atoms with Gasteiger partial charge in [-0.25, -0.2) is 9.59 Å². The molecule has 1 aliphatic carbocycles. The number of aromatic nitrogens is 2. The Morgan fingerprint density at radius 1 is 1.13 bits per heavy atom. The molecule has 1 fully saturated rings. The first-order valence-corrected chi connectivity index (χ1v) is 10.2. The molecule has 0 unspecified atom stereocenters. The first-order chi connectivity index (χ1) is 14.2. The van der Waals surface area contributed by atoms with E-state index in [1.807, 2.05) is 27.8 Å². The predicted octanol–water partition coefficient (Wildman–Crippen LogP) is 4.54. The highest BCUT2D eigenvalue weighted by molar-refractivity contribution is 5.97. The van der Waals surface area contributed by atoms with Crippen LogP contribution in [0.15, 0.2) is 18.3 Å². The number of H-pyrrole nitrogens is 1. The maximum Gasteiger partial charge on any atom is 0.410 e. The fraction of sp³-hybridized carbons (Fsp3) is 0.591. The highest BCUT2D eigenvalue weighted by Crippen LogP contribution is 2.25. The van der Waals surface area contributed by atoms with E-state index in [4.69, 9.17) is 9.47 Å². The molecule has 166 valence electrons. The Balaban J connectivity index is 0.000000214. The number of carbonyl (C=O) groups excluding carboxylic acids is 2. The van der Waals surface area contributed by atoms with Crippen molar-refractivity contribution in [2.24, 2.45) is 0 Å². The average Bonchev–Trinajstić information content (AvgIpc) is 3.19. The molecular formula is C22H33N3O5. The summed E-state index contributed by atoms with van der Waals surface area (Å²) in [6, 6.07) is 3.78. The predicted molar refractivity (Wildman–Crippen MR) is 115 cm³/mol. The van der Waals surface area contributed by atoms with Gasteiger partial charge in [0.1, 0.15) is 16.9 Å². The van der Waals surface area contributed by atoms with Gasteiger partial charge in [0, 0.05) is 24.5 Å². The topological polar surface area (TPSA) is 93.8 Å². The molecule has 1 heterocycles. The Kier molecular flexibility index (Phi) is 8.08. The van der Waals surface area contributed by atoms with Gasteiger partial charge in [0.15, 0.2) is 0 Å². The number of rotatable bonds is 3. The van der Waals surface area contributed by atoms with E-state index >= 15 is 0 Å². The van der Waals surface area contributed by atoms with Crippen LogP contribution in [-0.4, -0.2) is 60.1 Å². The normalized spacial score (nSPS) is 14.5. The van der Waals surface area contributed by atoms with Gasteiger partial charge in [-0.3, -0.25) is 5.10 Å². The second-order valence-corrected chi connectivity index (χ2v) is 8.38. The van der Waals surface area contributed by atoms with Crippen LogP contribution in [0, 0.1) is 0 Å². The van der Waals surface area contributed by atoms with Crippen LogP contribution in [0.25, 0.3) is 10.9 Å². The lowest BCUT2D eigenvalue weighted by Gasteiger charge is -2.32. The van der Waals surface area contributed by atoms with Crippen LogP contribution in [0.1, 0.15) is 63.2 Å². The fourth-order valence-electron chi connectivity index (χ4n) is 3.36. The van der Waals surface area contributed by atoms with Crippen LogP contribution >= 0.6 is 0 Å². The van der Waals surface area contributed by atoms with Gasteiger partial charge in [0.2, 0.25) is 0 Å². The van der Waals surface area contributed by atoms with Gasteiger partial charge < -0.3 is 19.1 Å². The lowest BCUT2D eigenvalue weighted by molar-refractivity contribution is 0.0188. The Hall–Kier alpha value is -2.77. The molecule has 0 bridgehead atoms. The number of aromatic amines is 1. The van der Waals surface area contributed by atoms with Crippen LogP contribution < -0.4 is 4.74 Å². The summed E-state index contributed by atoms with van der Waals surface area (Å²) in [6.07, 6.45) is 7.47. The van der Waals surface area contributed by atoms with Crippen LogP contribution in [0.3, 0.4) is 0 Å². The van der Waals surface area contributed by atoms with Crippen LogP contribution in [0.2, 0.25) is 0 Å². The number of methoxy groups -OCH3 is 2. The number of nitrogens with zero attached hydrogens (tertiary/aromatic N) is 2. The van der Waals surface area contributed by atoms with Crippen molar-refractivity contribution in [1.29, 1.82) is 0 Å². The van der Waals surface area contributed by atoms with Crippen LogP contribution in [0.4, 0.5) is 4.79 Å². The van der Waals surface area contributed by atoms with Gasteiger partial charge in [-0.1, -0.05) is 19.3 Å². The summed E-state index contributed by atoms with van der Waals surface area (Å²) in [5, 5.41) is 7.51. The van der Waals surface area contributed by atoms with Crippen molar-refractivity contribution in [3.63, 3.8) is 0 Å². The number of hydrogen-bond acceptors (Lipinski definition) is 6. The average molecular weight is 420 g/mol. The molecule has 2 aromatic rings.